The Morgan fingerprint density at radius 1 is 1.14 bits per heavy atom. The molecule has 4 heteroatoms. The van der Waals surface area contributed by atoms with E-state index in [9.17, 15) is 0 Å². The van der Waals surface area contributed by atoms with Crippen molar-refractivity contribution >= 4 is 15.9 Å². The van der Waals surface area contributed by atoms with Gasteiger partial charge in [0.2, 0.25) is 0 Å². The Morgan fingerprint density at radius 3 is 2.48 bits per heavy atom. The summed E-state index contributed by atoms with van der Waals surface area (Å²) in [5, 5.41) is 0. The molecule has 0 bridgehead atoms. The summed E-state index contributed by atoms with van der Waals surface area (Å²) < 4.78 is 6.71. The fraction of sp³-hybridized carbons (Fsp3) is 0.294. The SMILES string of the molecule is CCCOc1ccc(C(Cc2ccccc2Br)NN)cc1. The van der Waals surface area contributed by atoms with Crippen molar-refractivity contribution in [3.05, 3.63) is 64.1 Å². The Hall–Kier alpha value is -1.36. The highest BCUT2D eigenvalue weighted by atomic mass is 79.9. The average Bonchev–Trinajstić information content (AvgIpc) is 2.53. The van der Waals surface area contributed by atoms with Crippen molar-refractivity contribution in [2.45, 2.75) is 25.8 Å². The molecule has 0 spiro atoms. The molecule has 2 rings (SSSR count). The van der Waals surface area contributed by atoms with Crippen LogP contribution in [0.1, 0.15) is 30.5 Å². The number of hydrogen-bond donors (Lipinski definition) is 2. The predicted molar refractivity (Wildman–Crippen MR) is 90.1 cm³/mol. The van der Waals surface area contributed by atoms with Crippen LogP contribution < -0.4 is 16.0 Å². The van der Waals surface area contributed by atoms with Gasteiger partial charge in [0.1, 0.15) is 5.75 Å². The lowest BCUT2D eigenvalue weighted by molar-refractivity contribution is 0.317. The number of hydrazine groups is 1. The third kappa shape index (κ3) is 4.56. The number of hydrogen-bond acceptors (Lipinski definition) is 3. The minimum Gasteiger partial charge on any atom is -0.494 e. The second-order valence-corrected chi connectivity index (χ2v) is 5.79. The third-order valence-electron chi connectivity index (χ3n) is 3.34. The fourth-order valence-electron chi connectivity index (χ4n) is 2.17. The zero-order valence-corrected chi connectivity index (χ0v) is 13.8. The zero-order chi connectivity index (χ0) is 15.1. The van der Waals surface area contributed by atoms with Gasteiger partial charge in [-0.3, -0.25) is 11.3 Å². The van der Waals surface area contributed by atoms with Gasteiger partial charge in [0.05, 0.1) is 12.6 Å². The largest absolute Gasteiger partial charge is 0.494 e. The first kappa shape index (κ1) is 16.0. The molecule has 1 unspecified atom stereocenters. The highest BCUT2D eigenvalue weighted by Gasteiger charge is 2.12. The van der Waals surface area contributed by atoms with Crippen LogP contribution in [0.4, 0.5) is 0 Å². The highest BCUT2D eigenvalue weighted by Crippen LogP contribution is 2.24. The molecular formula is C17H21BrN2O. The van der Waals surface area contributed by atoms with E-state index in [-0.39, 0.29) is 6.04 Å². The van der Waals surface area contributed by atoms with Gasteiger partial charge in [0.15, 0.2) is 0 Å². The van der Waals surface area contributed by atoms with Crippen LogP contribution in [0, 0.1) is 0 Å². The quantitative estimate of drug-likeness (QED) is 0.587. The Labute approximate surface area is 134 Å². The molecule has 0 aliphatic carbocycles. The summed E-state index contributed by atoms with van der Waals surface area (Å²) in [6.45, 7) is 2.84. The van der Waals surface area contributed by atoms with Crippen molar-refractivity contribution in [2.75, 3.05) is 6.61 Å². The molecule has 0 heterocycles. The molecule has 0 saturated heterocycles. The van der Waals surface area contributed by atoms with Crippen LogP contribution in [0.15, 0.2) is 53.0 Å². The minimum atomic E-state index is 0.0731. The monoisotopic (exact) mass is 348 g/mol. The van der Waals surface area contributed by atoms with Gasteiger partial charge in [0.25, 0.3) is 0 Å². The number of nitrogens with one attached hydrogen (secondary N) is 1. The summed E-state index contributed by atoms with van der Waals surface area (Å²) in [4.78, 5) is 0. The first-order valence-electron chi connectivity index (χ1n) is 7.17. The zero-order valence-electron chi connectivity index (χ0n) is 12.2. The Morgan fingerprint density at radius 2 is 1.86 bits per heavy atom. The molecule has 3 nitrogen and oxygen atoms in total. The summed E-state index contributed by atoms with van der Waals surface area (Å²) >= 11 is 3.58. The molecule has 1 atom stereocenters. The Kier molecular flexibility index (Phi) is 6.23. The van der Waals surface area contributed by atoms with E-state index < -0.39 is 0 Å². The first-order valence-corrected chi connectivity index (χ1v) is 7.96. The number of halogens is 1. The minimum absolute atomic E-state index is 0.0731. The van der Waals surface area contributed by atoms with Gasteiger partial charge < -0.3 is 4.74 Å². The van der Waals surface area contributed by atoms with Crippen LogP contribution in [0.25, 0.3) is 0 Å². The lowest BCUT2D eigenvalue weighted by Gasteiger charge is -2.18. The van der Waals surface area contributed by atoms with E-state index in [0.717, 1.165) is 35.2 Å². The van der Waals surface area contributed by atoms with E-state index in [2.05, 4.69) is 46.5 Å². The summed E-state index contributed by atoms with van der Waals surface area (Å²) in [5.41, 5.74) is 5.27. The van der Waals surface area contributed by atoms with Crippen LogP contribution in [-0.4, -0.2) is 6.61 Å². The standard InChI is InChI=1S/C17H21BrN2O/c1-2-11-21-15-9-7-13(8-10-15)17(20-19)12-14-5-3-4-6-16(14)18/h3-10,17,20H,2,11-12,19H2,1H3. The van der Waals surface area contributed by atoms with Gasteiger partial charge in [-0.1, -0.05) is 53.2 Å². The van der Waals surface area contributed by atoms with E-state index in [4.69, 9.17) is 10.6 Å². The van der Waals surface area contributed by atoms with Gasteiger partial charge in [-0.05, 0) is 42.2 Å². The maximum atomic E-state index is 5.72. The molecule has 0 fully saturated rings. The number of rotatable bonds is 7. The van der Waals surface area contributed by atoms with Gasteiger partial charge in [-0.2, -0.15) is 0 Å². The molecule has 0 radical (unpaired) electrons. The number of nitrogens with two attached hydrogens (primary N) is 1. The lowest BCUT2D eigenvalue weighted by Crippen LogP contribution is -2.29. The summed E-state index contributed by atoms with van der Waals surface area (Å²) in [6, 6.07) is 16.4. The van der Waals surface area contributed by atoms with Crippen molar-refractivity contribution in [1.82, 2.24) is 5.43 Å². The fourth-order valence-corrected chi connectivity index (χ4v) is 2.62. The van der Waals surface area contributed by atoms with Gasteiger partial charge in [-0.15, -0.1) is 0 Å². The molecular weight excluding hydrogens is 328 g/mol. The highest BCUT2D eigenvalue weighted by molar-refractivity contribution is 9.10. The van der Waals surface area contributed by atoms with Crippen molar-refractivity contribution in [3.63, 3.8) is 0 Å². The molecule has 0 aliphatic heterocycles. The van der Waals surface area contributed by atoms with Crippen LogP contribution in [0.2, 0.25) is 0 Å². The van der Waals surface area contributed by atoms with Crippen molar-refractivity contribution < 1.29 is 4.74 Å². The number of benzene rings is 2. The van der Waals surface area contributed by atoms with Crippen molar-refractivity contribution in [2.24, 2.45) is 5.84 Å². The second kappa shape index (κ2) is 8.17. The molecule has 2 aromatic carbocycles. The van der Waals surface area contributed by atoms with Crippen molar-refractivity contribution in [3.8, 4) is 5.75 Å². The van der Waals surface area contributed by atoms with E-state index in [1.165, 1.54) is 5.56 Å². The molecule has 0 saturated carbocycles. The van der Waals surface area contributed by atoms with Crippen LogP contribution in [0.3, 0.4) is 0 Å². The van der Waals surface area contributed by atoms with E-state index in [1.807, 2.05) is 30.3 Å². The molecule has 112 valence electrons. The lowest BCUT2D eigenvalue weighted by atomic mass is 9.99. The second-order valence-electron chi connectivity index (χ2n) is 4.93. The Balaban J connectivity index is 2.08. The third-order valence-corrected chi connectivity index (χ3v) is 4.11. The normalized spacial score (nSPS) is 12.1. The van der Waals surface area contributed by atoms with Gasteiger partial charge in [-0.25, -0.2) is 0 Å². The first-order chi connectivity index (χ1) is 10.2. The molecule has 21 heavy (non-hydrogen) atoms. The topological polar surface area (TPSA) is 47.3 Å². The summed E-state index contributed by atoms with van der Waals surface area (Å²) in [5.74, 6) is 6.62. The van der Waals surface area contributed by atoms with Crippen LogP contribution in [0.5, 0.6) is 5.75 Å². The molecule has 0 amide bonds. The molecule has 0 aliphatic rings. The van der Waals surface area contributed by atoms with E-state index >= 15 is 0 Å². The average molecular weight is 349 g/mol. The summed E-state index contributed by atoms with van der Waals surface area (Å²) in [7, 11) is 0. The maximum Gasteiger partial charge on any atom is 0.119 e. The van der Waals surface area contributed by atoms with Crippen LogP contribution in [-0.2, 0) is 6.42 Å². The van der Waals surface area contributed by atoms with Gasteiger partial charge >= 0.3 is 0 Å². The molecule has 3 N–H and O–H groups in total. The number of ether oxygens (including phenoxy) is 1. The summed E-state index contributed by atoms with van der Waals surface area (Å²) in [6.07, 6.45) is 1.84. The van der Waals surface area contributed by atoms with Crippen molar-refractivity contribution in [1.29, 1.82) is 0 Å². The smallest absolute Gasteiger partial charge is 0.119 e. The maximum absolute atomic E-state index is 5.72. The molecule has 0 aromatic heterocycles. The molecule has 2 aromatic rings. The Bertz CT molecular complexity index is 557. The predicted octanol–water partition coefficient (Wildman–Crippen LogP) is 3.99. The van der Waals surface area contributed by atoms with E-state index in [0.29, 0.717) is 0 Å². The van der Waals surface area contributed by atoms with Gasteiger partial charge in [0, 0.05) is 4.47 Å². The van der Waals surface area contributed by atoms with E-state index in [1.54, 1.807) is 0 Å². The van der Waals surface area contributed by atoms with Crippen LogP contribution >= 0.6 is 15.9 Å².